The Labute approximate surface area is 144 Å². The van der Waals surface area contributed by atoms with E-state index < -0.39 is 0 Å². The summed E-state index contributed by atoms with van der Waals surface area (Å²) in [5.41, 5.74) is 1.09. The molecule has 0 aromatic heterocycles. The molecule has 0 spiro atoms. The first-order valence-electron chi connectivity index (χ1n) is 8.93. The second-order valence-corrected chi connectivity index (χ2v) is 5.94. The molecular weight excluding hydrogens is 304 g/mol. The van der Waals surface area contributed by atoms with E-state index in [0.29, 0.717) is 13.0 Å². The molecule has 4 nitrogen and oxygen atoms in total. The molecule has 1 fully saturated rings. The van der Waals surface area contributed by atoms with Gasteiger partial charge in [-0.15, -0.1) is 0 Å². The van der Waals surface area contributed by atoms with Crippen LogP contribution in [0.25, 0.3) is 0 Å². The standard InChI is InChI=1S/C20H28O4/c1-3-5-8-17(15-19(21)22-4-2)16-10-12-18(13-11-16)24-20-9-6-7-14-23-20/h5,8,10-13,17,20H,3-4,6-7,9,14-15H2,1-2H3/b8-5+/t17-,20?/m1/s1. The molecule has 1 aliphatic heterocycles. The molecule has 2 atom stereocenters. The van der Waals surface area contributed by atoms with E-state index in [4.69, 9.17) is 14.2 Å². The molecule has 4 heteroatoms. The van der Waals surface area contributed by atoms with Crippen molar-refractivity contribution in [2.75, 3.05) is 13.2 Å². The van der Waals surface area contributed by atoms with E-state index in [1.165, 1.54) is 0 Å². The van der Waals surface area contributed by atoms with Gasteiger partial charge in [-0.05, 0) is 43.9 Å². The molecule has 1 unspecified atom stereocenters. The van der Waals surface area contributed by atoms with Crippen molar-refractivity contribution in [1.82, 2.24) is 0 Å². The van der Waals surface area contributed by atoms with Crippen molar-refractivity contribution in [1.29, 1.82) is 0 Å². The van der Waals surface area contributed by atoms with Crippen LogP contribution in [0.2, 0.25) is 0 Å². The number of benzene rings is 1. The summed E-state index contributed by atoms with van der Waals surface area (Å²) in [4.78, 5) is 11.8. The summed E-state index contributed by atoms with van der Waals surface area (Å²) in [7, 11) is 0. The van der Waals surface area contributed by atoms with Crippen LogP contribution in [0.1, 0.15) is 57.4 Å². The summed E-state index contributed by atoms with van der Waals surface area (Å²) in [6.07, 6.45) is 8.52. The van der Waals surface area contributed by atoms with Gasteiger partial charge < -0.3 is 14.2 Å². The lowest BCUT2D eigenvalue weighted by Gasteiger charge is -2.23. The highest BCUT2D eigenvalue weighted by Gasteiger charge is 2.17. The summed E-state index contributed by atoms with van der Waals surface area (Å²) in [6, 6.07) is 7.93. The molecule has 1 aromatic carbocycles. The Morgan fingerprint density at radius 3 is 2.71 bits per heavy atom. The number of carbonyl (C=O) groups is 1. The molecule has 1 saturated heterocycles. The van der Waals surface area contributed by atoms with Crippen molar-refractivity contribution in [3.05, 3.63) is 42.0 Å². The lowest BCUT2D eigenvalue weighted by atomic mass is 9.95. The average molecular weight is 332 g/mol. The average Bonchev–Trinajstić information content (AvgIpc) is 2.60. The molecule has 2 rings (SSSR count). The zero-order valence-corrected chi connectivity index (χ0v) is 14.7. The first kappa shape index (κ1) is 18.5. The fourth-order valence-electron chi connectivity index (χ4n) is 2.75. The molecule has 0 bridgehead atoms. The molecule has 1 heterocycles. The van der Waals surface area contributed by atoms with Gasteiger partial charge in [-0.3, -0.25) is 4.79 Å². The maximum atomic E-state index is 11.8. The van der Waals surface area contributed by atoms with Crippen LogP contribution in [-0.4, -0.2) is 25.5 Å². The van der Waals surface area contributed by atoms with Crippen molar-refractivity contribution in [2.24, 2.45) is 0 Å². The number of esters is 1. The van der Waals surface area contributed by atoms with Crippen LogP contribution in [-0.2, 0) is 14.3 Å². The highest BCUT2D eigenvalue weighted by Crippen LogP contribution is 2.26. The summed E-state index contributed by atoms with van der Waals surface area (Å²) in [5.74, 6) is 0.670. The smallest absolute Gasteiger partial charge is 0.306 e. The van der Waals surface area contributed by atoms with E-state index in [0.717, 1.165) is 43.6 Å². The lowest BCUT2D eigenvalue weighted by molar-refractivity contribution is -0.143. The minimum atomic E-state index is -0.167. The van der Waals surface area contributed by atoms with E-state index in [1.54, 1.807) is 0 Å². The SMILES string of the molecule is CC/C=C/[C@H](CC(=O)OCC)c1ccc(OC2CCCCO2)cc1. The van der Waals surface area contributed by atoms with Gasteiger partial charge in [0.15, 0.2) is 6.29 Å². The first-order valence-corrected chi connectivity index (χ1v) is 8.93. The molecule has 0 radical (unpaired) electrons. The fourth-order valence-corrected chi connectivity index (χ4v) is 2.75. The maximum absolute atomic E-state index is 11.8. The molecular formula is C20H28O4. The van der Waals surface area contributed by atoms with Gasteiger partial charge in [-0.1, -0.05) is 31.2 Å². The summed E-state index contributed by atoms with van der Waals surface area (Å²) >= 11 is 0. The Balaban J connectivity index is 2.00. The fraction of sp³-hybridized carbons (Fsp3) is 0.550. The molecule has 24 heavy (non-hydrogen) atoms. The van der Waals surface area contributed by atoms with Crippen LogP contribution in [0.5, 0.6) is 5.75 Å². The van der Waals surface area contributed by atoms with Gasteiger partial charge in [0.1, 0.15) is 5.75 Å². The van der Waals surface area contributed by atoms with Crippen LogP contribution in [0.15, 0.2) is 36.4 Å². The first-order chi connectivity index (χ1) is 11.7. The number of ether oxygens (including phenoxy) is 3. The lowest BCUT2D eigenvalue weighted by Crippen LogP contribution is -2.24. The Morgan fingerprint density at radius 1 is 1.29 bits per heavy atom. The highest BCUT2D eigenvalue weighted by molar-refractivity contribution is 5.71. The second kappa shape index (κ2) is 10.1. The number of carbonyl (C=O) groups excluding carboxylic acids is 1. The van der Waals surface area contributed by atoms with E-state index in [1.807, 2.05) is 31.2 Å². The minimum absolute atomic E-state index is 0.0315. The number of hydrogen-bond acceptors (Lipinski definition) is 4. The third-order valence-corrected chi connectivity index (χ3v) is 4.01. The van der Waals surface area contributed by atoms with Crippen molar-refractivity contribution in [2.45, 2.75) is 58.2 Å². The third kappa shape index (κ3) is 6.00. The van der Waals surface area contributed by atoms with Crippen molar-refractivity contribution in [3.8, 4) is 5.75 Å². The summed E-state index contributed by atoms with van der Waals surface area (Å²) in [5, 5.41) is 0. The van der Waals surface area contributed by atoms with Gasteiger partial charge >= 0.3 is 5.97 Å². The van der Waals surface area contributed by atoms with E-state index in [2.05, 4.69) is 19.1 Å². The molecule has 0 amide bonds. The second-order valence-electron chi connectivity index (χ2n) is 5.94. The Bertz CT molecular complexity index is 515. The van der Waals surface area contributed by atoms with Crippen LogP contribution < -0.4 is 4.74 Å². The summed E-state index contributed by atoms with van der Waals surface area (Å²) in [6.45, 7) is 5.09. The maximum Gasteiger partial charge on any atom is 0.306 e. The van der Waals surface area contributed by atoms with Gasteiger partial charge in [0.05, 0.1) is 19.6 Å². The Hall–Kier alpha value is -1.81. The zero-order valence-electron chi connectivity index (χ0n) is 14.7. The Kier molecular flexibility index (Phi) is 7.83. The number of rotatable bonds is 8. The predicted octanol–water partition coefficient (Wildman–Crippen LogP) is 4.60. The molecule has 1 aromatic rings. The molecule has 0 aliphatic carbocycles. The van der Waals surface area contributed by atoms with Crippen LogP contribution >= 0.6 is 0 Å². The van der Waals surface area contributed by atoms with E-state index in [-0.39, 0.29) is 18.2 Å². The van der Waals surface area contributed by atoms with Crippen LogP contribution in [0.3, 0.4) is 0 Å². The highest BCUT2D eigenvalue weighted by atomic mass is 16.7. The normalized spacial score (nSPS) is 19.2. The zero-order chi connectivity index (χ0) is 17.2. The van der Waals surface area contributed by atoms with Crippen molar-refractivity contribution in [3.63, 3.8) is 0 Å². The van der Waals surface area contributed by atoms with Crippen molar-refractivity contribution >= 4 is 5.97 Å². The number of allylic oxidation sites excluding steroid dienone is 2. The van der Waals surface area contributed by atoms with Crippen molar-refractivity contribution < 1.29 is 19.0 Å². The minimum Gasteiger partial charge on any atom is -0.466 e. The van der Waals surface area contributed by atoms with Gasteiger partial charge in [0, 0.05) is 12.3 Å². The molecule has 132 valence electrons. The molecule has 1 aliphatic rings. The van der Waals surface area contributed by atoms with Gasteiger partial charge in [-0.2, -0.15) is 0 Å². The third-order valence-electron chi connectivity index (χ3n) is 4.01. The largest absolute Gasteiger partial charge is 0.466 e. The van der Waals surface area contributed by atoms with Gasteiger partial charge in [0.2, 0.25) is 0 Å². The topological polar surface area (TPSA) is 44.8 Å². The van der Waals surface area contributed by atoms with Crippen LogP contribution in [0.4, 0.5) is 0 Å². The number of hydrogen-bond donors (Lipinski definition) is 0. The monoisotopic (exact) mass is 332 g/mol. The predicted molar refractivity (Wildman–Crippen MR) is 94.1 cm³/mol. The van der Waals surface area contributed by atoms with E-state index in [9.17, 15) is 4.79 Å². The quantitative estimate of drug-likeness (QED) is 0.516. The Morgan fingerprint density at radius 2 is 2.08 bits per heavy atom. The molecule has 0 saturated carbocycles. The molecule has 0 N–H and O–H groups in total. The summed E-state index contributed by atoms with van der Waals surface area (Å²) < 4.78 is 16.5. The van der Waals surface area contributed by atoms with Crippen LogP contribution in [0, 0.1) is 0 Å². The van der Waals surface area contributed by atoms with Gasteiger partial charge in [-0.25, -0.2) is 0 Å². The van der Waals surface area contributed by atoms with E-state index >= 15 is 0 Å². The van der Waals surface area contributed by atoms with Gasteiger partial charge in [0.25, 0.3) is 0 Å².